The van der Waals surface area contributed by atoms with E-state index < -0.39 is 0 Å². The topological polar surface area (TPSA) is 36.0 Å². The van der Waals surface area contributed by atoms with Crippen LogP contribution in [0.2, 0.25) is 0 Å². The summed E-state index contributed by atoms with van der Waals surface area (Å²) in [5, 5.41) is 9.09. The number of fused-ring (bicyclic) bond motifs is 14. The molecule has 0 spiro atoms. The van der Waals surface area contributed by atoms with Gasteiger partial charge in [-0.3, -0.25) is 0 Å². The van der Waals surface area contributed by atoms with Crippen LogP contribution >= 0.6 is 0 Å². The van der Waals surface area contributed by atoms with Crippen molar-refractivity contribution < 1.29 is 8.83 Å². The van der Waals surface area contributed by atoms with E-state index in [2.05, 4.69) is 251 Å². The van der Waals surface area contributed by atoms with Gasteiger partial charge in [0.05, 0.1) is 39.8 Å². The summed E-state index contributed by atoms with van der Waals surface area (Å²) >= 11 is 0. The van der Waals surface area contributed by atoms with Crippen molar-refractivity contribution in [2.24, 2.45) is 0 Å². The second-order valence-corrected chi connectivity index (χ2v) is 18.5. The maximum Gasteiger partial charge on any atom is 0.144 e. The van der Waals surface area contributed by atoms with Gasteiger partial charge in [-0.15, -0.1) is 0 Å². The first kappa shape index (κ1) is 39.4. The molecule has 11 aromatic carbocycles. The van der Waals surface area contributed by atoms with Gasteiger partial charge in [0.1, 0.15) is 22.3 Å². The summed E-state index contributed by atoms with van der Waals surface area (Å²) in [4.78, 5) is 7.27. The first-order chi connectivity index (χ1) is 35.2. The lowest BCUT2D eigenvalue weighted by molar-refractivity contribution is 0.668. The Bertz CT molecular complexity index is 4120. The van der Waals surface area contributed by atoms with Crippen LogP contribution in [0.4, 0.5) is 51.2 Å². The van der Waals surface area contributed by atoms with E-state index in [1.165, 1.54) is 21.5 Å². The molecule has 0 unspecified atom stereocenters. The Hall–Kier alpha value is -9.58. The molecule has 4 heterocycles. The molecule has 0 aliphatic carbocycles. The highest BCUT2D eigenvalue weighted by molar-refractivity contribution is 6.13. The molecule has 0 saturated heterocycles. The predicted octanol–water partition coefficient (Wildman–Crippen LogP) is 19.2. The molecule has 332 valence electrons. The van der Waals surface area contributed by atoms with Gasteiger partial charge in [0.25, 0.3) is 0 Å². The van der Waals surface area contributed by atoms with Gasteiger partial charge in [0, 0.05) is 44.0 Å². The molecular weight excluding hydrogens is 867 g/mol. The lowest BCUT2D eigenvalue weighted by atomic mass is 10.0. The molecule has 0 amide bonds. The van der Waals surface area contributed by atoms with E-state index >= 15 is 0 Å². The Balaban J connectivity index is 1.05. The molecule has 2 aromatic heterocycles. The molecule has 2 aliphatic heterocycles. The third-order valence-corrected chi connectivity index (χ3v) is 14.5. The smallest absolute Gasteiger partial charge is 0.144 e. The summed E-state index contributed by atoms with van der Waals surface area (Å²) in [7, 11) is 0. The van der Waals surface area contributed by atoms with Gasteiger partial charge in [-0.25, -0.2) is 0 Å². The number of para-hydroxylation sites is 4. The monoisotopic (exact) mass is 907 g/mol. The van der Waals surface area contributed by atoms with Gasteiger partial charge in [-0.05, 0) is 136 Å². The maximum absolute atomic E-state index is 6.79. The van der Waals surface area contributed by atoms with Crippen LogP contribution < -0.4 is 14.7 Å². The van der Waals surface area contributed by atoms with Crippen LogP contribution in [0.5, 0.6) is 0 Å². The number of nitrogens with zero attached hydrogens (tertiary/aromatic N) is 3. The molecule has 0 bridgehead atoms. The molecule has 0 saturated carbocycles. The molecule has 0 atom stereocenters. The molecular formula is C66H41N3O2. The van der Waals surface area contributed by atoms with Gasteiger partial charge in [0.15, 0.2) is 0 Å². The number of hydrogen-bond donors (Lipinski definition) is 0. The molecule has 0 radical (unpaired) electrons. The fraction of sp³-hybridized carbons (Fsp3) is 0. The summed E-state index contributed by atoms with van der Waals surface area (Å²) in [6, 6.07) is 80.9. The average molecular weight is 908 g/mol. The summed E-state index contributed by atoms with van der Waals surface area (Å²) in [5.74, 6) is 0. The van der Waals surface area contributed by atoms with Gasteiger partial charge in [-0.2, -0.15) is 0 Å². The van der Waals surface area contributed by atoms with Crippen LogP contribution in [0.3, 0.4) is 0 Å². The first-order valence-electron chi connectivity index (χ1n) is 24.1. The minimum Gasteiger partial charge on any atom is -0.455 e. The van der Waals surface area contributed by atoms with E-state index in [4.69, 9.17) is 8.83 Å². The van der Waals surface area contributed by atoms with E-state index in [0.717, 1.165) is 117 Å². The van der Waals surface area contributed by atoms with Crippen molar-refractivity contribution in [2.75, 3.05) is 14.7 Å². The van der Waals surface area contributed by atoms with E-state index in [1.54, 1.807) is 0 Å². The quantitative estimate of drug-likeness (QED) is 0.172. The highest BCUT2D eigenvalue weighted by Gasteiger charge is 2.29. The summed E-state index contributed by atoms with van der Waals surface area (Å²) in [5.41, 5.74) is 16.9. The number of hydrogen-bond acceptors (Lipinski definition) is 5. The molecule has 13 aromatic rings. The normalized spacial score (nSPS) is 12.9. The van der Waals surface area contributed by atoms with E-state index in [-0.39, 0.29) is 0 Å². The minimum atomic E-state index is 0.861. The van der Waals surface area contributed by atoms with Crippen molar-refractivity contribution in [3.63, 3.8) is 0 Å². The highest BCUT2D eigenvalue weighted by Crippen LogP contribution is 2.52. The van der Waals surface area contributed by atoms with Crippen LogP contribution in [-0.2, 0) is 0 Å². The van der Waals surface area contributed by atoms with Crippen molar-refractivity contribution in [3.8, 4) is 0 Å². The second-order valence-electron chi connectivity index (χ2n) is 18.5. The fourth-order valence-corrected chi connectivity index (χ4v) is 11.2. The summed E-state index contributed by atoms with van der Waals surface area (Å²) in [6.45, 7) is 0. The Kier molecular flexibility index (Phi) is 8.59. The van der Waals surface area contributed by atoms with Crippen LogP contribution in [0.15, 0.2) is 233 Å². The third-order valence-electron chi connectivity index (χ3n) is 14.5. The van der Waals surface area contributed by atoms with Gasteiger partial charge >= 0.3 is 0 Å². The van der Waals surface area contributed by atoms with Gasteiger partial charge in [0.2, 0.25) is 0 Å². The van der Waals surface area contributed by atoms with Gasteiger partial charge in [-0.1, -0.05) is 146 Å². The summed E-state index contributed by atoms with van der Waals surface area (Å²) < 4.78 is 13.6. The van der Waals surface area contributed by atoms with Crippen LogP contribution in [-0.4, -0.2) is 0 Å². The molecule has 5 heteroatoms. The molecule has 5 nitrogen and oxygen atoms in total. The zero-order valence-electron chi connectivity index (χ0n) is 38.3. The first-order valence-corrected chi connectivity index (χ1v) is 24.1. The number of benzene rings is 11. The lowest BCUT2D eigenvalue weighted by Crippen LogP contribution is -2.17. The molecule has 15 rings (SSSR count). The van der Waals surface area contributed by atoms with Crippen molar-refractivity contribution in [1.82, 2.24) is 0 Å². The van der Waals surface area contributed by atoms with Crippen LogP contribution in [0.1, 0.15) is 22.3 Å². The van der Waals surface area contributed by atoms with E-state index in [9.17, 15) is 0 Å². The standard InChI is InChI=1S/C66H41N3O2/c1-3-17-46-37-48(29-25-42(46)13-1)67(49-30-26-43-14-2-4-18-47(43)38-49)50-39-51(68-59-21-9-5-15-44(59)27-31-57-61(68)35-33-55-53-19-7-11-23-63(53)70-65(55)57)41-52(40-50)69-60-22-10-6-16-45(60)28-32-58-62(69)36-34-56-54-20-8-12-24-64(54)71-66(56)58/h1-41H. The number of anilines is 9. The number of furan rings is 2. The van der Waals surface area contributed by atoms with E-state index in [0.29, 0.717) is 0 Å². The van der Waals surface area contributed by atoms with Crippen LogP contribution in [0, 0.1) is 0 Å². The molecule has 2 aliphatic rings. The molecule has 0 fully saturated rings. The van der Waals surface area contributed by atoms with Crippen molar-refractivity contribution in [3.05, 3.63) is 247 Å². The highest BCUT2D eigenvalue weighted by atomic mass is 16.3. The predicted molar refractivity (Wildman–Crippen MR) is 298 cm³/mol. The Morgan fingerprint density at radius 1 is 0.296 bits per heavy atom. The Morgan fingerprint density at radius 3 is 1.24 bits per heavy atom. The van der Waals surface area contributed by atoms with Crippen molar-refractivity contribution in [1.29, 1.82) is 0 Å². The minimum absolute atomic E-state index is 0.861. The SMILES string of the molecule is C1=Cc2c(ccc3c2oc2ccccc23)N(c2cc(N(c3ccc4ccccc4c3)c3ccc4ccccc4c3)cc(N3c4ccccc4C=Cc4c3ccc3c4oc4ccccc43)c2)c2ccccc21. The molecule has 0 N–H and O–H groups in total. The largest absolute Gasteiger partial charge is 0.455 e. The zero-order chi connectivity index (χ0) is 46.6. The van der Waals surface area contributed by atoms with Crippen molar-refractivity contribution >= 4 is 141 Å². The zero-order valence-corrected chi connectivity index (χ0v) is 38.3. The van der Waals surface area contributed by atoms with Crippen LogP contribution in [0.25, 0.3) is 89.7 Å². The number of rotatable bonds is 5. The third kappa shape index (κ3) is 6.20. The van der Waals surface area contributed by atoms with Gasteiger partial charge < -0.3 is 23.5 Å². The fourth-order valence-electron chi connectivity index (χ4n) is 11.2. The summed E-state index contributed by atoms with van der Waals surface area (Å²) in [6.07, 6.45) is 8.92. The van der Waals surface area contributed by atoms with Crippen molar-refractivity contribution in [2.45, 2.75) is 0 Å². The lowest BCUT2D eigenvalue weighted by Gasteiger charge is -2.34. The maximum atomic E-state index is 6.79. The average Bonchev–Trinajstić information content (AvgIpc) is 3.88. The second kappa shape index (κ2) is 15.5. The molecule has 71 heavy (non-hydrogen) atoms. The Morgan fingerprint density at radius 2 is 0.732 bits per heavy atom. The Labute approximate surface area is 409 Å². The van der Waals surface area contributed by atoms with E-state index in [1.807, 2.05) is 12.1 Å².